The number of hydrogen-bond acceptors (Lipinski definition) is 7. The fourth-order valence-electron chi connectivity index (χ4n) is 2.87. The Morgan fingerprint density at radius 2 is 1.62 bits per heavy atom. The number of benzene rings is 2. The van der Waals surface area contributed by atoms with Gasteiger partial charge < -0.3 is 24.8 Å². The zero-order chi connectivity index (χ0) is 17.8. The molecule has 0 saturated heterocycles. The lowest BCUT2D eigenvalue weighted by Gasteiger charge is -2.26. The number of carbonyl (C=O) groups excluding carboxylic acids is 2. The number of rotatable bonds is 2. The van der Waals surface area contributed by atoms with Gasteiger partial charge in [0, 0.05) is 11.1 Å². The summed E-state index contributed by atoms with van der Waals surface area (Å²) < 4.78 is 10.0. The van der Waals surface area contributed by atoms with Crippen molar-refractivity contribution in [3.63, 3.8) is 0 Å². The fourth-order valence-corrected chi connectivity index (χ4v) is 2.87. The van der Waals surface area contributed by atoms with E-state index >= 15 is 0 Å². The molecule has 3 rings (SSSR count). The molecule has 7 nitrogen and oxygen atoms in total. The zero-order valence-corrected chi connectivity index (χ0v) is 13.1. The Labute approximate surface area is 136 Å². The average Bonchev–Trinajstić information content (AvgIpc) is 2.55. The first-order valence-corrected chi connectivity index (χ1v) is 6.94. The van der Waals surface area contributed by atoms with Gasteiger partial charge in [-0.25, -0.2) is 0 Å². The zero-order valence-electron chi connectivity index (χ0n) is 13.1. The van der Waals surface area contributed by atoms with Crippen LogP contribution in [0, 0.1) is 6.92 Å². The largest absolute Gasteiger partial charge is 0.872 e. The Bertz CT molecular complexity index is 912. The maximum absolute atomic E-state index is 12.8. The summed E-state index contributed by atoms with van der Waals surface area (Å²) in [6.07, 6.45) is 0. The molecule has 0 spiro atoms. The van der Waals surface area contributed by atoms with Gasteiger partial charge in [0.05, 0.1) is 25.3 Å². The SMILES string of the molecule is COc1cc2c(c(OC)c1O)C(=O)c1c([O-])c(C)cc(O)c1C2=O. The quantitative estimate of drug-likeness (QED) is 0.727. The molecule has 2 aromatic carbocycles. The van der Waals surface area contributed by atoms with Gasteiger partial charge in [0.2, 0.25) is 5.75 Å². The highest BCUT2D eigenvalue weighted by Gasteiger charge is 2.37. The minimum Gasteiger partial charge on any atom is -0.872 e. The highest BCUT2D eigenvalue weighted by atomic mass is 16.5. The Balaban J connectivity index is 2.44. The van der Waals surface area contributed by atoms with Crippen LogP contribution >= 0.6 is 0 Å². The molecular weight excluding hydrogens is 316 g/mol. The van der Waals surface area contributed by atoms with Crippen molar-refractivity contribution in [1.29, 1.82) is 0 Å². The van der Waals surface area contributed by atoms with Gasteiger partial charge in [0.1, 0.15) is 5.75 Å². The molecule has 0 saturated carbocycles. The van der Waals surface area contributed by atoms with Crippen molar-refractivity contribution in [3.8, 4) is 28.7 Å². The molecule has 1 aliphatic rings. The first-order chi connectivity index (χ1) is 11.3. The number of ether oxygens (including phenoxy) is 2. The minimum atomic E-state index is -0.793. The molecule has 0 fully saturated rings. The normalized spacial score (nSPS) is 12.6. The van der Waals surface area contributed by atoms with Crippen LogP contribution in [0.25, 0.3) is 0 Å². The lowest BCUT2D eigenvalue weighted by Crippen LogP contribution is -2.24. The summed E-state index contributed by atoms with van der Waals surface area (Å²) in [5, 5.41) is 32.5. The van der Waals surface area contributed by atoms with Gasteiger partial charge >= 0.3 is 0 Å². The number of ketones is 2. The van der Waals surface area contributed by atoms with Crippen LogP contribution in [-0.4, -0.2) is 36.0 Å². The van der Waals surface area contributed by atoms with Crippen LogP contribution < -0.4 is 14.6 Å². The molecular formula is C17H13O7-. The van der Waals surface area contributed by atoms with Gasteiger partial charge in [-0.2, -0.15) is 0 Å². The number of carbonyl (C=O) groups is 2. The van der Waals surface area contributed by atoms with Crippen molar-refractivity contribution in [2.45, 2.75) is 6.92 Å². The molecule has 24 heavy (non-hydrogen) atoms. The molecule has 0 bridgehead atoms. The second kappa shape index (κ2) is 5.16. The van der Waals surface area contributed by atoms with E-state index in [1.807, 2.05) is 0 Å². The second-order valence-corrected chi connectivity index (χ2v) is 5.33. The summed E-state index contributed by atoms with van der Waals surface area (Å²) in [5.41, 5.74) is -0.980. The summed E-state index contributed by atoms with van der Waals surface area (Å²) in [5.74, 6) is -3.38. The topological polar surface area (TPSA) is 116 Å². The minimum absolute atomic E-state index is 0.0656. The van der Waals surface area contributed by atoms with E-state index in [4.69, 9.17) is 9.47 Å². The van der Waals surface area contributed by atoms with E-state index in [1.54, 1.807) is 0 Å². The van der Waals surface area contributed by atoms with Gasteiger partial charge in [-0.3, -0.25) is 9.59 Å². The number of hydrogen-bond donors (Lipinski definition) is 2. The molecule has 0 aromatic heterocycles. The van der Waals surface area contributed by atoms with Crippen LogP contribution in [0.3, 0.4) is 0 Å². The Hall–Kier alpha value is -3.22. The molecule has 0 amide bonds. The van der Waals surface area contributed by atoms with Crippen LogP contribution in [0.15, 0.2) is 12.1 Å². The van der Waals surface area contributed by atoms with Crippen molar-refractivity contribution >= 4 is 11.6 Å². The summed E-state index contributed by atoms with van der Waals surface area (Å²) in [7, 11) is 2.49. The van der Waals surface area contributed by atoms with Crippen LogP contribution in [0.5, 0.6) is 28.7 Å². The van der Waals surface area contributed by atoms with Crippen LogP contribution in [0.4, 0.5) is 0 Å². The van der Waals surface area contributed by atoms with Crippen LogP contribution in [0.2, 0.25) is 0 Å². The Kier molecular flexibility index (Phi) is 3.37. The summed E-state index contributed by atoms with van der Waals surface area (Å²) in [6.45, 7) is 1.43. The number of fused-ring (bicyclic) bond motifs is 2. The lowest BCUT2D eigenvalue weighted by molar-refractivity contribution is -0.269. The summed E-state index contributed by atoms with van der Waals surface area (Å²) in [4.78, 5) is 25.6. The number of phenolic OH excluding ortho intramolecular Hbond substituents is 2. The molecule has 2 aromatic rings. The van der Waals surface area contributed by atoms with Crippen LogP contribution in [0.1, 0.15) is 37.4 Å². The van der Waals surface area contributed by atoms with Crippen molar-refractivity contribution in [3.05, 3.63) is 39.9 Å². The highest BCUT2D eigenvalue weighted by Crippen LogP contribution is 2.47. The van der Waals surface area contributed by atoms with E-state index in [-0.39, 0.29) is 33.8 Å². The van der Waals surface area contributed by atoms with Crippen molar-refractivity contribution in [2.24, 2.45) is 0 Å². The van der Waals surface area contributed by atoms with Gasteiger partial charge in [-0.1, -0.05) is 11.3 Å². The molecule has 0 unspecified atom stereocenters. The monoisotopic (exact) mass is 329 g/mol. The lowest BCUT2D eigenvalue weighted by atomic mass is 9.81. The Morgan fingerprint density at radius 1 is 0.958 bits per heavy atom. The fraction of sp³-hybridized carbons (Fsp3) is 0.176. The predicted octanol–water partition coefficient (Wildman–Crippen LogP) is 1.27. The molecule has 0 heterocycles. The van der Waals surface area contributed by atoms with Gasteiger partial charge in [-0.15, -0.1) is 0 Å². The maximum Gasteiger partial charge on any atom is 0.201 e. The van der Waals surface area contributed by atoms with Crippen molar-refractivity contribution < 1.29 is 34.4 Å². The smallest absolute Gasteiger partial charge is 0.201 e. The van der Waals surface area contributed by atoms with Crippen LogP contribution in [-0.2, 0) is 0 Å². The number of methoxy groups -OCH3 is 2. The van der Waals surface area contributed by atoms with Crippen molar-refractivity contribution in [1.82, 2.24) is 0 Å². The third kappa shape index (κ3) is 1.84. The van der Waals surface area contributed by atoms with Gasteiger partial charge in [0.25, 0.3) is 0 Å². The average molecular weight is 329 g/mol. The molecule has 124 valence electrons. The standard InChI is InChI=1S/C17H14O7/c1-6-4-8(18)11-12(13(6)19)16(22)10-7(14(11)20)5-9(23-2)15(21)17(10)24-3/h4-5,18-19,21H,1-3H3/p-1. The van der Waals surface area contributed by atoms with E-state index < -0.39 is 34.4 Å². The molecule has 0 radical (unpaired) electrons. The van der Waals surface area contributed by atoms with E-state index in [0.717, 1.165) is 6.07 Å². The third-order valence-corrected chi connectivity index (χ3v) is 4.01. The molecule has 1 aliphatic carbocycles. The first kappa shape index (κ1) is 15.7. The third-order valence-electron chi connectivity index (χ3n) is 4.01. The first-order valence-electron chi connectivity index (χ1n) is 6.94. The summed E-state index contributed by atoms with van der Waals surface area (Å²) >= 11 is 0. The van der Waals surface area contributed by atoms with Crippen molar-refractivity contribution in [2.75, 3.05) is 14.2 Å². The highest BCUT2D eigenvalue weighted by molar-refractivity contribution is 6.31. The number of aryl methyl sites for hydroxylation is 1. The molecule has 2 N–H and O–H groups in total. The number of aromatic hydroxyl groups is 2. The predicted molar refractivity (Wildman–Crippen MR) is 80.4 cm³/mol. The number of phenols is 2. The summed E-state index contributed by atoms with van der Waals surface area (Å²) in [6, 6.07) is 2.33. The Morgan fingerprint density at radius 3 is 2.21 bits per heavy atom. The second-order valence-electron chi connectivity index (χ2n) is 5.33. The van der Waals surface area contributed by atoms with E-state index in [0.29, 0.717) is 0 Å². The van der Waals surface area contributed by atoms with Gasteiger partial charge in [0.15, 0.2) is 23.1 Å². The van der Waals surface area contributed by atoms with E-state index in [9.17, 15) is 24.9 Å². The molecule has 0 aliphatic heterocycles. The molecule has 0 atom stereocenters. The van der Waals surface area contributed by atoms with E-state index in [1.165, 1.54) is 27.2 Å². The van der Waals surface area contributed by atoms with E-state index in [2.05, 4.69) is 0 Å². The maximum atomic E-state index is 12.8. The van der Waals surface area contributed by atoms with Gasteiger partial charge in [-0.05, 0) is 19.1 Å². The molecule has 7 heteroatoms.